The highest BCUT2D eigenvalue weighted by Gasteiger charge is 2.47. The van der Waals surface area contributed by atoms with Crippen molar-refractivity contribution in [2.45, 2.75) is 69.6 Å². The van der Waals surface area contributed by atoms with Gasteiger partial charge in [-0.1, -0.05) is 6.92 Å². The van der Waals surface area contributed by atoms with Crippen LogP contribution in [0.3, 0.4) is 0 Å². The SMILES string of the molecule is CCC(O)P(=O)(O)OC(C)(C)C[C@H]1O[C@@H](n2ccc3c(N)ncnc32)[C@H](O)[C@@H]1O. The van der Waals surface area contributed by atoms with E-state index >= 15 is 0 Å². The Morgan fingerprint density at radius 1 is 1.38 bits per heavy atom. The Balaban J connectivity index is 1.79. The van der Waals surface area contributed by atoms with Crippen LogP contribution < -0.4 is 5.73 Å². The quantitative estimate of drug-likeness (QED) is 0.394. The summed E-state index contributed by atoms with van der Waals surface area (Å²) in [6.45, 7) is 4.66. The van der Waals surface area contributed by atoms with Gasteiger partial charge in [-0.15, -0.1) is 0 Å². The molecule has 29 heavy (non-hydrogen) atoms. The molecule has 0 radical (unpaired) electrons. The fourth-order valence-electron chi connectivity index (χ4n) is 3.49. The predicted molar refractivity (Wildman–Crippen MR) is 104 cm³/mol. The number of fused-ring (bicyclic) bond motifs is 1. The van der Waals surface area contributed by atoms with Gasteiger partial charge in [0.05, 0.1) is 17.1 Å². The minimum Gasteiger partial charge on any atom is -0.388 e. The molecular weight excluding hydrogens is 403 g/mol. The van der Waals surface area contributed by atoms with E-state index in [1.165, 1.54) is 6.33 Å². The third-order valence-corrected chi connectivity index (χ3v) is 6.84. The molecule has 0 bridgehead atoms. The van der Waals surface area contributed by atoms with Crippen LogP contribution in [0, 0.1) is 0 Å². The molecular formula is C17H27N4O7P. The highest BCUT2D eigenvalue weighted by Crippen LogP contribution is 2.52. The van der Waals surface area contributed by atoms with Gasteiger partial charge in [0.25, 0.3) is 0 Å². The van der Waals surface area contributed by atoms with Gasteiger partial charge in [-0.05, 0) is 26.3 Å². The number of hydrogen-bond acceptors (Lipinski definition) is 9. The Bertz CT molecular complexity index is 920. The molecule has 1 saturated heterocycles. The number of anilines is 1. The summed E-state index contributed by atoms with van der Waals surface area (Å²) in [7, 11) is -4.28. The minimum absolute atomic E-state index is 0.000957. The van der Waals surface area contributed by atoms with Gasteiger partial charge in [-0.2, -0.15) is 0 Å². The van der Waals surface area contributed by atoms with Gasteiger partial charge in [0.2, 0.25) is 0 Å². The molecule has 12 heteroatoms. The van der Waals surface area contributed by atoms with Crippen molar-refractivity contribution in [1.82, 2.24) is 14.5 Å². The molecule has 1 aliphatic rings. The first-order chi connectivity index (χ1) is 13.5. The van der Waals surface area contributed by atoms with E-state index < -0.39 is 43.6 Å². The van der Waals surface area contributed by atoms with E-state index in [4.69, 9.17) is 15.0 Å². The molecule has 2 aromatic heterocycles. The number of aliphatic hydroxyl groups excluding tert-OH is 3. The summed E-state index contributed by atoms with van der Waals surface area (Å²) >= 11 is 0. The maximum atomic E-state index is 12.2. The lowest BCUT2D eigenvalue weighted by Crippen LogP contribution is -2.37. The van der Waals surface area contributed by atoms with Crippen molar-refractivity contribution in [3.8, 4) is 0 Å². The van der Waals surface area contributed by atoms with Crippen LogP contribution in [-0.4, -0.2) is 64.5 Å². The average molecular weight is 430 g/mol. The van der Waals surface area contributed by atoms with E-state index in [0.29, 0.717) is 11.0 Å². The molecule has 11 nitrogen and oxygen atoms in total. The Labute approximate surface area is 167 Å². The molecule has 6 atom stereocenters. The molecule has 2 unspecified atom stereocenters. The number of nitrogens with zero attached hydrogens (tertiary/aromatic N) is 3. The number of nitrogen functional groups attached to an aromatic ring is 1. The van der Waals surface area contributed by atoms with Gasteiger partial charge in [-0.3, -0.25) is 4.57 Å². The first kappa shape index (κ1) is 22.1. The van der Waals surface area contributed by atoms with E-state index in [0.717, 1.165) is 0 Å². The van der Waals surface area contributed by atoms with Gasteiger partial charge in [-0.25, -0.2) is 9.97 Å². The molecule has 0 saturated carbocycles. The van der Waals surface area contributed by atoms with Crippen LogP contribution in [0.4, 0.5) is 5.82 Å². The Kier molecular flexibility index (Phi) is 6.03. The van der Waals surface area contributed by atoms with Crippen LogP contribution in [0.15, 0.2) is 18.6 Å². The summed E-state index contributed by atoms with van der Waals surface area (Å²) in [5.74, 6) is -1.23. The van der Waals surface area contributed by atoms with Crippen molar-refractivity contribution >= 4 is 24.4 Å². The van der Waals surface area contributed by atoms with Crippen LogP contribution in [0.5, 0.6) is 0 Å². The highest BCUT2D eigenvalue weighted by atomic mass is 31.2. The van der Waals surface area contributed by atoms with E-state index in [9.17, 15) is 24.8 Å². The normalized spacial score (nSPS) is 28.5. The smallest absolute Gasteiger partial charge is 0.356 e. The predicted octanol–water partition coefficient (Wildman–Crippen LogP) is 0.732. The van der Waals surface area contributed by atoms with Crippen molar-refractivity contribution in [2.75, 3.05) is 5.73 Å². The maximum absolute atomic E-state index is 12.2. The van der Waals surface area contributed by atoms with Gasteiger partial charge in [0.1, 0.15) is 30.0 Å². The number of rotatable bonds is 7. The van der Waals surface area contributed by atoms with E-state index in [-0.39, 0.29) is 18.7 Å². The Morgan fingerprint density at radius 2 is 2.07 bits per heavy atom. The first-order valence-electron chi connectivity index (χ1n) is 9.26. The zero-order valence-electron chi connectivity index (χ0n) is 16.4. The average Bonchev–Trinajstić information content (AvgIpc) is 3.17. The number of ether oxygens (including phenoxy) is 1. The third-order valence-electron chi connectivity index (χ3n) is 4.96. The first-order valence-corrected chi connectivity index (χ1v) is 10.9. The molecule has 2 aromatic rings. The summed E-state index contributed by atoms with van der Waals surface area (Å²) in [4.78, 5) is 18.0. The Hall–Kier alpha value is -1.59. The lowest BCUT2D eigenvalue weighted by atomic mass is 9.97. The summed E-state index contributed by atoms with van der Waals surface area (Å²) < 4.78 is 24.9. The van der Waals surface area contributed by atoms with Gasteiger partial charge < -0.3 is 39.8 Å². The molecule has 1 aliphatic heterocycles. The van der Waals surface area contributed by atoms with Crippen molar-refractivity contribution in [3.63, 3.8) is 0 Å². The Morgan fingerprint density at radius 3 is 2.72 bits per heavy atom. The number of aromatic nitrogens is 3. The van der Waals surface area contributed by atoms with E-state index in [1.807, 2.05) is 0 Å². The monoisotopic (exact) mass is 430 g/mol. The van der Waals surface area contributed by atoms with E-state index in [1.54, 1.807) is 37.6 Å². The second kappa shape index (κ2) is 7.92. The highest BCUT2D eigenvalue weighted by molar-refractivity contribution is 7.53. The number of hydrogen-bond donors (Lipinski definition) is 5. The van der Waals surface area contributed by atoms with Crippen molar-refractivity contribution in [1.29, 1.82) is 0 Å². The maximum Gasteiger partial charge on any atom is 0.356 e. The largest absolute Gasteiger partial charge is 0.388 e. The fourth-order valence-corrected chi connectivity index (χ4v) is 4.86. The molecule has 3 rings (SSSR count). The summed E-state index contributed by atoms with van der Waals surface area (Å²) in [5, 5.41) is 31.3. The summed E-state index contributed by atoms with van der Waals surface area (Å²) in [5.41, 5.74) is 5.06. The van der Waals surface area contributed by atoms with Crippen LogP contribution in [0.2, 0.25) is 0 Å². The molecule has 3 heterocycles. The van der Waals surface area contributed by atoms with Crippen LogP contribution in [-0.2, 0) is 13.8 Å². The number of nitrogens with two attached hydrogens (primary N) is 1. The lowest BCUT2D eigenvalue weighted by molar-refractivity contribution is -0.0615. The molecule has 0 aromatic carbocycles. The minimum atomic E-state index is -4.28. The second-order valence-electron chi connectivity index (χ2n) is 7.77. The zero-order valence-corrected chi connectivity index (χ0v) is 17.3. The number of aliphatic hydroxyl groups is 3. The molecule has 0 aliphatic carbocycles. The topological polar surface area (TPSA) is 173 Å². The summed E-state index contributed by atoms with van der Waals surface area (Å²) in [6.07, 6.45) is -1.41. The summed E-state index contributed by atoms with van der Waals surface area (Å²) in [6, 6.07) is 1.68. The van der Waals surface area contributed by atoms with Crippen LogP contribution in [0.1, 0.15) is 39.8 Å². The molecule has 1 fully saturated rings. The molecule has 6 N–H and O–H groups in total. The lowest BCUT2D eigenvalue weighted by Gasteiger charge is -2.32. The third kappa shape index (κ3) is 4.31. The van der Waals surface area contributed by atoms with E-state index in [2.05, 4.69) is 9.97 Å². The van der Waals surface area contributed by atoms with Crippen molar-refractivity contribution in [3.05, 3.63) is 18.6 Å². The standard InChI is InChI=1S/C17H27N4O7P/c1-4-11(22)29(25,26)28-17(2,3)7-10-12(23)13(24)16(27-10)21-6-5-9-14(18)19-8-20-15(9)21/h5-6,8,10-13,16,22-24H,4,7H2,1-3H3,(H,25,26)(H2,18,19,20)/t10-,11?,12-,13-,16-/m1/s1. The molecule has 162 valence electrons. The molecule has 0 amide bonds. The second-order valence-corrected chi connectivity index (χ2v) is 9.68. The van der Waals surface area contributed by atoms with Crippen molar-refractivity contribution in [2.24, 2.45) is 0 Å². The van der Waals surface area contributed by atoms with Crippen LogP contribution in [0.25, 0.3) is 11.0 Å². The van der Waals surface area contributed by atoms with Crippen molar-refractivity contribution < 1.29 is 34.0 Å². The fraction of sp³-hybridized carbons (Fsp3) is 0.647. The van der Waals surface area contributed by atoms with Gasteiger partial charge in [0, 0.05) is 12.6 Å². The van der Waals surface area contributed by atoms with Gasteiger partial charge in [0.15, 0.2) is 12.1 Å². The van der Waals surface area contributed by atoms with Crippen LogP contribution >= 0.6 is 7.60 Å². The van der Waals surface area contributed by atoms with Gasteiger partial charge >= 0.3 is 7.60 Å². The molecule has 0 spiro atoms. The zero-order chi connectivity index (χ0) is 21.6.